The first-order valence-electron chi connectivity index (χ1n) is 6.19. The summed E-state index contributed by atoms with van der Waals surface area (Å²) in [5.41, 5.74) is 2.64. The molecule has 0 heterocycles. The topological polar surface area (TPSA) is 35.8 Å². The summed E-state index contributed by atoms with van der Waals surface area (Å²) >= 11 is 0. The number of halogens is 2. The number of benzene rings is 2. The molecule has 0 aliphatic carbocycles. The molecule has 1 unspecified atom stereocenters. The molecule has 0 saturated heterocycles. The summed E-state index contributed by atoms with van der Waals surface area (Å²) in [7, 11) is 0. The summed E-state index contributed by atoms with van der Waals surface area (Å²) in [6.45, 7) is 3.51. The van der Waals surface area contributed by atoms with Crippen LogP contribution in [-0.4, -0.2) is 0 Å². The molecule has 0 amide bonds. The van der Waals surface area contributed by atoms with Gasteiger partial charge in [-0.15, -0.1) is 0 Å². The fourth-order valence-electron chi connectivity index (χ4n) is 2.13. The van der Waals surface area contributed by atoms with Gasteiger partial charge in [0.1, 0.15) is 17.7 Å². The third kappa shape index (κ3) is 3.12. The SMILES string of the molecule is Cc1cc(F)cc(NC(C#N)c2ccc(F)cc2C)c1. The van der Waals surface area contributed by atoms with E-state index in [1.807, 2.05) is 0 Å². The van der Waals surface area contributed by atoms with Gasteiger partial charge in [-0.2, -0.15) is 5.26 Å². The number of hydrogen-bond acceptors (Lipinski definition) is 2. The number of nitrogens with one attached hydrogen (secondary N) is 1. The standard InChI is InChI=1S/C16H14F2N2/c1-10-5-13(18)8-14(6-10)20-16(9-19)15-4-3-12(17)7-11(15)2/h3-8,16,20H,1-2H3. The second-order valence-electron chi connectivity index (χ2n) is 4.72. The van der Waals surface area contributed by atoms with E-state index >= 15 is 0 Å². The van der Waals surface area contributed by atoms with Crippen molar-refractivity contribution in [2.45, 2.75) is 19.9 Å². The van der Waals surface area contributed by atoms with E-state index in [2.05, 4.69) is 11.4 Å². The maximum atomic E-state index is 13.3. The van der Waals surface area contributed by atoms with Crippen LogP contribution in [0.4, 0.5) is 14.5 Å². The van der Waals surface area contributed by atoms with Crippen LogP contribution in [0.3, 0.4) is 0 Å². The fourth-order valence-corrected chi connectivity index (χ4v) is 2.13. The maximum absolute atomic E-state index is 13.3. The number of aryl methyl sites for hydroxylation is 2. The minimum Gasteiger partial charge on any atom is -0.366 e. The third-order valence-electron chi connectivity index (χ3n) is 3.03. The van der Waals surface area contributed by atoms with Gasteiger partial charge in [-0.3, -0.25) is 0 Å². The number of rotatable bonds is 3. The van der Waals surface area contributed by atoms with Crippen LogP contribution in [0.25, 0.3) is 0 Å². The Morgan fingerprint density at radius 3 is 2.40 bits per heavy atom. The van der Waals surface area contributed by atoms with Crippen LogP contribution < -0.4 is 5.32 Å². The molecule has 2 aromatic rings. The zero-order valence-corrected chi connectivity index (χ0v) is 11.2. The highest BCUT2D eigenvalue weighted by molar-refractivity contribution is 5.50. The highest BCUT2D eigenvalue weighted by Crippen LogP contribution is 2.24. The second kappa shape index (κ2) is 5.70. The summed E-state index contributed by atoms with van der Waals surface area (Å²) in [5.74, 6) is -0.704. The van der Waals surface area contributed by atoms with Gasteiger partial charge in [0.05, 0.1) is 6.07 Å². The predicted molar refractivity (Wildman–Crippen MR) is 74.3 cm³/mol. The molecule has 0 radical (unpaired) electrons. The number of anilines is 1. The lowest BCUT2D eigenvalue weighted by atomic mass is 10.0. The van der Waals surface area contributed by atoms with Gasteiger partial charge in [-0.25, -0.2) is 8.78 Å². The van der Waals surface area contributed by atoms with Gasteiger partial charge < -0.3 is 5.32 Å². The van der Waals surface area contributed by atoms with Gasteiger partial charge in [0, 0.05) is 5.69 Å². The van der Waals surface area contributed by atoms with E-state index in [1.165, 1.54) is 24.3 Å². The number of hydrogen-bond donors (Lipinski definition) is 1. The van der Waals surface area contributed by atoms with E-state index < -0.39 is 6.04 Å². The summed E-state index contributed by atoms with van der Waals surface area (Å²) in [4.78, 5) is 0. The van der Waals surface area contributed by atoms with Crippen molar-refractivity contribution in [3.63, 3.8) is 0 Å². The van der Waals surface area contributed by atoms with Gasteiger partial charge in [-0.1, -0.05) is 6.07 Å². The molecule has 4 heteroatoms. The molecule has 1 atom stereocenters. The molecule has 2 rings (SSSR count). The van der Waals surface area contributed by atoms with Gasteiger partial charge in [-0.05, 0) is 60.9 Å². The van der Waals surface area contributed by atoms with Crippen LogP contribution in [0.2, 0.25) is 0 Å². The summed E-state index contributed by atoms with van der Waals surface area (Å²) in [6.07, 6.45) is 0. The van der Waals surface area contributed by atoms with E-state index in [1.54, 1.807) is 26.0 Å². The smallest absolute Gasteiger partial charge is 0.140 e. The van der Waals surface area contributed by atoms with Crippen molar-refractivity contribution < 1.29 is 8.78 Å². The quantitative estimate of drug-likeness (QED) is 0.906. The van der Waals surface area contributed by atoms with Crippen molar-refractivity contribution in [3.8, 4) is 6.07 Å². The molecule has 102 valence electrons. The predicted octanol–water partition coefficient (Wildman–Crippen LogP) is 4.26. The molecule has 0 aliphatic heterocycles. The van der Waals surface area contributed by atoms with Crippen LogP contribution in [-0.2, 0) is 0 Å². The van der Waals surface area contributed by atoms with Crippen molar-refractivity contribution in [2.75, 3.05) is 5.32 Å². The summed E-state index contributed by atoms with van der Waals surface area (Å²) in [5, 5.41) is 12.2. The Labute approximate surface area is 116 Å². The van der Waals surface area contributed by atoms with Crippen LogP contribution in [0.15, 0.2) is 36.4 Å². The van der Waals surface area contributed by atoms with Crippen molar-refractivity contribution in [1.29, 1.82) is 5.26 Å². The minimum absolute atomic E-state index is 0.343. The van der Waals surface area contributed by atoms with E-state index in [0.717, 1.165) is 5.56 Å². The molecule has 0 spiro atoms. The molecule has 2 nitrogen and oxygen atoms in total. The normalized spacial score (nSPS) is 11.8. The van der Waals surface area contributed by atoms with Crippen LogP contribution in [0.1, 0.15) is 22.7 Å². The molecule has 1 N–H and O–H groups in total. The highest BCUT2D eigenvalue weighted by Gasteiger charge is 2.14. The van der Waals surface area contributed by atoms with E-state index in [4.69, 9.17) is 0 Å². The molecule has 0 aliphatic rings. The van der Waals surface area contributed by atoms with Crippen LogP contribution >= 0.6 is 0 Å². The Bertz CT molecular complexity index is 654. The van der Waals surface area contributed by atoms with Crippen molar-refractivity contribution in [3.05, 3.63) is 64.7 Å². The first-order valence-corrected chi connectivity index (χ1v) is 6.19. The molecule has 0 saturated carbocycles. The zero-order chi connectivity index (χ0) is 14.7. The molecule has 0 aromatic heterocycles. The fraction of sp³-hybridized carbons (Fsp3) is 0.188. The summed E-state index contributed by atoms with van der Waals surface area (Å²) < 4.78 is 26.4. The first kappa shape index (κ1) is 14.0. The van der Waals surface area contributed by atoms with Crippen molar-refractivity contribution in [1.82, 2.24) is 0 Å². The Morgan fingerprint density at radius 2 is 1.80 bits per heavy atom. The largest absolute Gasteiger partial charge is 0.366 e. The van der Waals surface area contributed by atoms with Crippen molar-refractivity contribution in [2.24, 2.45) is 0 Å². The van der Waals surface area contributed by atoms with E-state index in [9.17, 15) is 14.0 Å². The van der Waals surface area contributed by atoms with E-state index in [0.29, 0.717) is 16.8 Å². The average molecular weight is 272 g/mol. The van der Waals surface area contributed by atoms with Gasteiger partial charge in [0.2, 0.25) is 0 Å². The monoisotopic (exact) mass is 272 g/mol. The van der Waals surface area contributed by atoms with Crippen LogP contribution in [0, 0.1) is 36.8 Å². The third-order valence-corrected chi connectivity index (χ3v) is 3.03. The van der Waals surface area contributed by atoms with Crippen molar-refractivity contribution >= 4 is 5.69 Å². The Balaban J connectivity index is 2.31. The first-order chi connectivity index (χ1) is 9.49. The zero-order valence-electron chi connectivity index (χ0n) is 11.2. The lowest BCUT2D eigenvalue weighted by molar-refractivity contribution is 0.625. The van der Waals surface area contributed by atoms with Gasteiger partial charge >= 0.3 is 0 Å². The second-order valence-corrected chi connectivity index (χ2v) is 4.72. The number of nitrogens with zero attached hydrogens (tertiary/aromatic N) is 1. The van der Waals surface area contributed by atoms with Crippen LogP contribution in [0.5, 0.6) is 0 Å². The Hall–Kier alpha value is -2.41. The molecular weight excluding hydrogens is 258 g/mol. The maximum Gasteiger partial charge on any atom is 0.140 e. The Morgan fingerprint density at radius 1 is 1.05 bits per heavy atom. The molecule has 0 fully saturated rings. The lowest BCUT2D eigenvalue weighted by Crippen LogP contribution is -2.10. The Kier molecular flexibility index (Phi) is 3.99. The summed E-state index contributed by atoms with van der Waals surface area (Å²) in [6, 6.07) is 10.2. The highest BCUT2D eigenvalue weighted by atomic mass is 19.1. The molecule has 0 bridgehead atoms. The van der Waals surface area contributed by atoms with Gasteiger partial charge in [0.25, 0.3) is 0 Å². The number of nitriles is 1. The molecule has 2 aromatic carbocycles. The lowest BCUT2D eigenvalue weighted by Gasteiger charge is -2.16. The van der Waals surface area contributed by atoms with E-state index in [-0.39, 0.29) is 11.6 Å². The van der Waals surface area contributed by atoms with Gasteiger partial charge in [0.15, 0.2) is 0 Å². The molecule has 20 heavy (non-hydrogen) atoms. The molecular formula is C16H14F2N2. The minimum atomic E-state index is -0.656. The average Bonchev–Trinajstić information content (AvgIpc) is 2.35.